The number of allylic oxidation sites excluding steroid dienone is 4. The molecule has 1 N–H and O–H groups in total. The first-order valence-corrected chi connectivity index (χ1v) is 10.4. The van der Waals surface area contributed by atoms with Gasteiger partial charge in [-0.25, -0.2) is 4.98 Å². The van der Waals surface area contributed by atoms with E-state index in [9.17, 15) is 9.90 Å². The molecule has 0 bridgehead atoms. The van der Waals surface area contributed by atoms with Crippen molar-refractivity contribution < 1.29 is 9.90 Å². The molecular formula is C26H24N2O2. The number of hydrogen-bond acceptors (Lipinski definition) is 2. The van der Waals surface area contributed by atoms with Crippen molar-refractivity contribution in [1.29, 1.82) is 0 Å². The zero-order valence-electron chi connectivity index (χ0n) is 16.6. The molecule has 2 aliphatic rings. The van der Waals surface area contributed by atoms with Gasteiger partial charge in [0.2, 0.25) is 0 Å². The molecular weight excluding hydrogens is 372 g/mol. The molecule has 1 heterocycles. The molecule has 0 aliphatic heterocycles. The van der Waals surface area contributed by atoms with Gasteiger partial charge in [-0.3, -0.25) is 4.79 Å². The molecule has 2 aliphatic carbocycles. The van der Waals surface area contributed by atoms with E-state index in [2.05, 4.69) is 88.6 Å². The van der Waals surface area contributed by atoms with E-state index < -0.39 is 11.5 Å². The molecule has 4 nitrogen and oxygen atoms in total. The van der Waals surface area contributed by atoms with Gasteiger partial charge in [-0.15, -0.1) is 0 Å². The van der Waals surface area contributed by atoms with Crippen molar-refractivity contribution in [3.63, 3.8) is 0 Å². The summed E-state index contributed by atoms with van der Waals surface area (Å²) in [5.74, 6) is -0.834. The maximum Gasteiger partial charge on any atom is 0.307 e. The summed E-state index contributed by atoms with van der Waals surface area (Å²) in [7, 11) is 0. The van der Waals surface area contributed by atoms with Crippen molar-refractivity contribution in [2.45, 2.75) is 24.3 Å². The van der Waals surface area contributed by atoms with Crippen LogP contribution in [-0.4, -0.2) is 20.6 Å². The number of hydrogen-bond donors (Lipinski definition) is 1. The normalized spacial score (nSPS) is 22.7. The van der Waals surface area contributed by atoms with Crippen LogP contribution in [0.4, 0.5) is 0 Å². The minimum absolute atomic E-state index is 0.00907. The summed E-state index contributed by atoms with van der Waals surface area (Å²) < 4.78 is 2.21. The fourth-order valence-electron chi connectivity index (χ4n) is 4.88. The summed E-state index contributed by atoms with van der Waals surface area (Å²) in [6.07, 6.45) is 14.2. The molecule has 5 rings (SSSR count). The molecule has 0 spiro atoms. The van der Waals surface area contributed by atoms with Crippen LogP contribution >= 0.6 is 0 Å². The topological polar surface area (TPSA) is 55.1 Å². The van der Waals surface area contributed by atoms with Crippen LogP contribution in [-0.2, 0) is 10.3 Å². The van der Waals surface area contributed by atoms with E-state index in [-0.39, 0.29) is 17.8 Å². The third kappa shape index (κ3) is 3.00. The van der Waals surface area contributed by atoms with E-state index in [1.165, 1.54) is 11.1 Å². The first-order valence-electron chi connectivity index (χ1n) is 10.4. The second-order valence-electron chi connectivity index (χ2n) is 8.15. The first-order chi connectivity index (χ1) is 14.7. The highest BCUT2D eigenvalue weighted by Gasteiger charge is 2.47. The molecule has 1 fully saturated rings. The molecule has 1 aromatic heterocycles. The van der Waals surface area contributed by atoms with E-state index in [1.54, 1.807) is 0 Å². The minimum Gasteiger partial charge on any atom is -0.481 e. The van der Waals surface area contributed by atoms with Gasteiger partial charge in [0.05, 0.1) is 17.9 Å². The molecule has 30 heavy (non-hydrogen) atoms. The molecule has 0 saturated heterocycles. The van der Waals surface area contributed by atoms with Gasteiger partial charge >= 0.3 is 5.97 Å². The molecule has 0 amide bonds. The summed E-state index contributed by atoms with van der Waals surface area (Å²) >= 11 is 0. The van der Waals surface area contributed by atoms with Crippen LogP contribution in [0.5, 0.6) is 0 Å². The lowest BCUT2D eigenvalue weighted by atomic mass is 9.70. The first kappa shape index (κ1) is 18.6. The number of benzene rings is 2. The predicted octanol–water partition coefficient (Wildman–Crippen LogP) is 5.00. The smallest absolute Gasteiger partial charge is 0.307 e. The number of carboxylic acids is 1. The lowest BCUT2D eigenvalue weighted by molar-refractivity contribution is -0.138. The van der Waals surface area contributed by atoms with Gasteiger partial charge in [-0.1, -0.05) is 85.0 Å². The Morgan fingerprint density at radius 3 is 2.20 bits per heavy atom. The monoisotopic (exact) mass is 396 g/mol. The van der Waals surface area contributed by atoms with E-state index in [0.717, 1.165) is 12.1 Å². The Morgan fingerprint density at radius 2 is 1.67 bits per heavy atom. The van der Waals surface area contributed by atoms with Crippen molar-refractivity contribution in [3.8, 4) is 0 Å². The van der Waals surface area contributed by atoms with Crippen molar-refractivity contribution in [2.75, 3.05) is 0 Å². The lowest BCUT2D eigenvalue weighted by Crippen LogP contribution is -2.42. The van der Waals surface area contributed by atoms with Crippen molar-refractivity contribution in [3.05, 3.63) is 114 Å². The van der Waals surface area contributed by atoms with Crippen molar-refractivity contribution >= 4 is 5.97 Å². The molecule has 0 radical (unpaired) electrons. The quantitative estimate of drug-likeness (QED) is 0.638. The summed E-state index contributed by atoms with van der Waals surface area (Å²) in [6, 6.07) is 21.1. The Bertz CT molecular complexity index is 1060. The number of imidazole rings is 1. The Kier molecular flexibility index (Phi) is 4.62. The number of rotatable bonds is 6. The summed E-state index contributed by atoms with van der Waals surface area (Å²) in [6.45, 7) is 0. The summed E-state index contributed by atoms with van der Waals surface area (Å²) in [4.78, 5) is 16.1. The summed E-state index contributed by atoms with van der Waals surface area (Å²) in [5, 5.41) is 9.36. The predicted molar refractivity (Wildman–Crippen MR) is 116 cm³/mol. The number of aliphatic carboxylic acids is 1. The third-order valence-corrected chi connectivity index (χ3v) is 6.44. The fourth-order valence-corrected chi connectivity index (χ4v) is 4.88. The highest BCUT2D eigenvalue weighted by atomic mass is 16.4. The SMILES string of the molecule is O=C(O)C1CC1c1cn(C(c2ccccc2)(c2ccccc2)C2C=CC=CC2)cn1. The Balaban J connectivity index is 1.70. The maximum absolute atomic E-state index is 11.4. The number of nitrogens with zero attached hydrogens (tertiary/aromatic N) is 2. The van der Waals surface area contributed by atoms with Gasteiger partial charge in [0, 0.05) is 18.0 Å². The molecule has 2 aromatic carbocycles. The number of aromatic nitrogens is 2. The van der Waals surface area contributed by atoms with Crippen LogP contribution in [0.1, 0.15) is 35.6 Å². The highest BCUT2D eigenvalue weighted by Crippen LogP contribution is 2.49. The molecule has 4 heteroatoms. The minimum atomic E-state index is -0.729. The Labute approximate surface area is 176 Å². The highest BCUT2D eigenvalue weighted by molar-refractivity contribution is 5.75. The molecule has 3 unspecified atom stereocenters. The maximum atomic E-state index is 11.4. The average molecular weight is 396 g/mol. The van der Waals surface area contributed by atoms with Crippen LogP contribution in [0.25, 0.3) is 0 Å². The van der Waals surface area contributed by atoms with Crippen molar-refractivity contribution in [1.82, 2.24) is 9.55 Å². The number of carbonyl (C=O) groups is 1. The van der Waals surface area contributed by atoms with Gasteiger partial charge in [0.25, 0.3) is 0 Å². The van der Waals surface area contributed by atoms with Gasteiger partial charge in [-0.05, 0) is 24.0 Å². The standard InChI is InChI=1S/C26H24N2O2/c29-25(30)23-16-22(23)24-17-28(18-27-24)26(19-10-4-1-5-11-19,20-12-6-2-7-13-20)21-14-8-3-9-15-21/h1-14,17-18,21-23H,15-16H2,(H,29,30). The second kappa shape index (κ2) is 7.45. The van der Waals surface area contributed by atoms with E-state index in [0.29, 0.717) is 6.42 Å². The molecule has 3 aromatic rings. The van der Waals surface area contributed by atoms with Crippen LogP contribution < -0.4 is 0 Å². The van der Waals surface area contributed by atoms with Gasteiger partial charge in [-0.2, -0.15) is 0 Å². The van der Waals surface area contributed by atoms with E-state index in [4.69, 9.17) is 0 Å². The Hall–Kier alpha value is -3.40. The van der Waals surface area contributed by atoms with Crippen LogP contribution in [0, 0.1) is 11.8 Å². The fraction of sp³-hybridized carbons (Fsp3) is 0.231. The van der Waals surface area contributed by atoms with Crippen LogP contribution in [0.3, 0.4) is 0 Å². The Morgan fingerprint density at radius 1 is 1.00 bits per heavy atom. The molecule has 3 atom stereocenters. The third-order valence-electron chi connectivity index (χ3n) is 6.44. The van der Waals surface area contributed by atoms with Gasteiger partial charge in [0.15, 0.2) is 0 Å². The molecule has 1 saturated carbocycles. The zero-order valence-corrected chi connectivity index (χ0v) is 16.6. The van der Waals surface area contributed by atoms with Crippen molar-refractivity contribution in [2.24, 2.45) is 11.8 Å². The average Bonchev–Trinajstić information content (AvgIpc) is 3.47. The molecule has 150 valence electrons. The largest absolute Gasteiger partial charge is 0.481 e. The van der Waals surface area contributed by atoms with E-state index >= 15 is 0 Å². The zero-order chi connectivity index (χ0) is 20.6. The summed E-state index contributed by atoms with van der Waals surface area (Å²) in [5.41, 5.74) is 2.78. The van der Waals surface area contributed by atoms with E-state index in [1.807, 2.05) is 18.5 Å². The van der Waals surface area contributed by atoms with Gasteiger partial charge in [0.1, 0.15) is 5.54 Å². The number of carboxylic acid groups (broad SMARTS) is 1. The van der Waals surface area contributed by atoms with Crippen LogP contribution in [0.2, 0.25) is 0 Å². The lowest BCUT2D eigenvalue weighted by Gasteiger charge is -2.42. The second-order valence-corrected chi connectivity index (χ2v) is 8.15. The van der Waals surface area contributed by atoms with Gasteiger partial charge < -0.3 is 9.67 Å². The van der Waals surface area contributed by atoms with Crippen LogP contribution in [0.15, 0.2) is 97.5 Å².